The van der Waals surface area contributed by atoms with Crippen LogP contribution in [0, 0.1) is 5.92 Å². The van der Waals surface area contributed by atoms with Gasteiger partial charge >= 0.3 is 5.97 Å². The molecule has 142 valence electrons. The molecule has 0 bridgehead atoms. The fourth-order valence-electron chi connectivity index (χ4n) is 2.49. The second-order valence-electron chi connectivity index (χ2n) is 6.74. The van der Waals surface area contributed by atoms with Gasteiger partial charge in [-0.3, -0.25) is 4.79 Å². The van der Waals surface area contributed by atoms with Gasteiger partial charge in [0.1, 0.15) is 0 Å². The molecule has 0 radical (unpaired) electrons. The highest BCUT2D eigenvalue weighted by Gasteiger charge is 2.15. The molecule has 0 fully saturated rings. The van der Waals surface area contributed by atoms with Gasteiger partial charge in [-0.05, 0) is 19.3 Å². The van der Waals surface area contributed by atoms with Crippen LogP contribution in [0.4, 0.5) is 0 Å². The van der Waals surface area contributed by atoms with Crippen LogP contribution in [0.25, 0.3) is 0 Å². The van der Waals surface area contributed by atoms with Gasteiger partial charge < -0.3 is 20.4 Å². The molecule has 5 heteroatoms. The number of carboxylic acid groups (broad SMARTS) is 1. The lowest BCUT2D eigenvalue weighted by atomic mass is 10.0. The Balaban J connectivity index is 3.83. The Labute approximate surface area is 146 Å². The summed E-state index contributed by atoms with van der Waals surface area (Å²) in [7, 11) is 0. The molecule has 4 atom stereocenters. The Bertz CT molecular complexity index is 343. The average molecular weight is 344 g/mol. The van der Waals surface area contributed by atoms with Crippen molar-refractivity contribution in [3.05, 3.63) is 12.2 Å². The van der Waals surface area contributed by atoms with Crippen LogP contribution >= 0.6 is 0 Å². The molecule has 0 aromatic heterocycles. The normalized spacial score (nSPS) is 16.9. The van der Waals surface area contributed by atoms with Gasteiger partial charge in [-0.1, -0.05) is 70.9 Å². The van der Waals surface area contributed by atoms with Crippen LogP contribution in [0.1, 0.15) is 78.1 Å². The van der Waals surface area contributed by atoms with Crippen LogP contribution in [0.3, 0.4) is 0 Å². The summed E-state index contributed by atoms with van der Waals surface area (Å²) in [4.78, 5) is 10.7. The van der Waals surface area contributed by atoms with E-state index in [1.54, 1.807) is 6.92 Å². The van der Waals surface area contributed by atoms with Crippen molar-refractivity contribution in [2.75, 3.05) is 0 Å². The molecule has 0 aliphatic heterocycles. The van der Waals surface area contributed by atoms with E-state index in [0.29, 0.717) is 19.3 Å². The molecule has 0 aromatic rings. The van der Waals surface area contributed by atoms with Gasteiger partial charge in [0, 0.05) is 0 Å². The molecule has 4 N–H and O–H groups in total. The van der Waals surface area contributed by atoms with Gasteiger partial charge in [-0.15, -0.1) is 0 Å². The minimum absolute atomic E-state index is 0.324. The van der Waals surface area contributed by atoms with E-state index in [2.05, 4.69) is 6.92 Å². The highest BCUT2D eigenvalue weighted by Crippen LogP contribution is 2.13. The topological polar surface area (TPSA) is 98.0 Å². The summed E-state index contributed by atoms with van der Waals surface area (Å²) in [6.07, 6.45) is 9.60. The van der Waals surface area contributed by atoms with Crippen LogP contribution in [0.5, 0.6) is 0 Å². The summed E-state index contributed by atoms with van der Waals surface area (Å²) >= 11 is 0. The molecule has 5 nitrogen and oxygen atoms in total. The third kappa shape index (κ3) is 12.5. The largest absolute Gasteiger partial charge is 0.481 e. The smallest absolute Gasteiger partial charge is 0.306 e. The molecular formula is C19H36O5. The maximum atomic E-state index is 10.7. The van der Waals surface area contributed by atoms with E-state index in [9.17, 15) is 20.1 Å². The van der Waals surface area contributed by atoms with E-state index < -0.39 is 30.2 Å². The van der Waals surface area contributed by atoms with Crippen LogP contribution in [0.15, 0.2) is 12.2 Å². The minimum atomic E-state index is -0.989. The molecule has 0 aliphatic carbocycles. The summed E-state index contributed by atoms with van der Waals surface area (Å²) in [6.45, 7) is 3.79. The first-order valence-corrected chi connectivity index (χ1v) is 9.33. The Hall–Kier alpha value is -0.910. The van der Waals surface area contributed by atoms with Crippen molar-refractivity contribution in [3.63, 3.8) is 0 Å². The van der Waals surface area contributed by atoms with E-state index in [1.165, 1.54) is 44.3 Å². The minimum Gasteiger partial charge on any atom is -0.481 e. The molecule has 4 unspecified atom stereocenters. The molecule has 0 aromatic carbocycles. The average Bonchev–Trinajstić information content (AvgIpc) is 2.56. The molecule has 0 rings (SSSR count). The maximum absolute atomic E-state index is 10.7. The number of carbonyl (C=O) groups is 1. The molecule has 0 heterocycles. The van der Waals surface area contributed by atoms with E-state index in [0.717, 1.165) is 12.8 Å². The first-order valence-electron chi connectivity index (χ1n) is 9.33. The zero-order chi connectivity index (χ0) is 18.4. The highest BCUT2D eigenvalue weighted by molar-refractivity contribution is 5.69. The molecule has 0 saturated carbocycles. The zero-order valence-corrected chi connectivity index (χ0v) is 15.2. The molecule has 24 heavy (non-hydrogen) atoms. The lowest BCUT2D eigenvalue weighted by Gasteiger charge is -2.15. The second kappa shape index (κ2) is 14.4. The van der Waals surface area contributed by atoms with Gasteiger partial charge in [0.2, 0.25) is 0 Å². The van der Waals surface area contributed by atoms with Gasteiger partial charge in [0.15, 0.2) is 0 Å². The quantitative estimate of drug-likeness (QED) is 0.270. The van der Waals surface area contributed by atoms with E-state index in [-0.39, 0.29) is 0 Å². The number of aliphatic carboxylic acids is 1. The summed E-state index contributed by atoms with van der Waals surface area (Å²) in [5, 5.41) is 38.3. The first-order chi connectivity index (χ1) is 11.4. The van der Waals surface area contributed by atoms with E-state index >= 15 is 0 Å². The number of hydrogen-bond acceptors (Lipinski definition) is 4. The summed E-state index contributed by atoms with van der Waals surface area (Å²) < 4.78 is 0. The monoisotopic (exact) mass is 344 g/mol. The van der Waals surface area contributed by atoms with Crippen molar-refractivity contribution >= 4 is 5.97 Å². The number of hydrogen-bond donors (Lipinski definition) is 4. The number of unbranched alkanes of at least 4 members (excludes halogenated alkanes) is 6. The Morgan fingerprint density at radius 3 is 2.04 bits per heavy atom. The SMILES string of the molecule is CCCCCCCCCC(O)C(O)/C=C/C(O)CCC(C)C(=O)O. The van der Waals surface area contributed by atoms with Crippen LogP contribution in [-0.4, -0.2) is 44.7 Å². The van der Waals surface area contributed by atoms with Crippen molar-refractivity contribution in [1.82, 2.24) is 0 Å². The lowest BCUT2D eigenvalue weighted by Crippen LogP contribution is -2.24. The molecule has 0 saturated heterocycles. The highest BCUT2D eigenvalue weighted by atomic mass is 16.4. The standard InChI is InChI=1S/C19H36O5/c1-3-4-5-6-7-8-9-10-17(21)18(22)14-13-16(20)12-11-15(2)19(23)24/h13-18,20-22H,3-12H2,1-2H3,(H,23,24)/b14-13+. The maximum Gasteiger partial charge on any atom is 0.306 e. The van der Waals surface area contributed by atoms with E-state index in [1.807, 2.05) is 0 Å². The summed E-state index contributed by atoms with van der Waals surface area (Å²) in [5.41, 5.74) is 0. The third-order valence-electron chi connectivity index (χ3n) is 4.35. The molecule has 0 amide bonds. The Kier molecular flexibility index (Phi) is 13.9. The van der Waals surface area contributed by atoms with Crippen molar-refractivity contribution in [1.29, 1.82) is 0 Å². The number of carboxylic acids is 1. The predicted molar refractivity (Wildman–Crippen MR) is 95.8 cm³/mol. The summed E-state index contributed by atoms with van der Waals surface area (Å²) in [6, 6.07) is 0. The Morgan fingerprint density at radius 2 is 1.46 bits per heavy atom. The molecule has 0 spiro atoms. The fourth-order valence-corrected chi connectivity index (χ4v) is 2.49. The number of aliphatic hydroxyl groups excluding tert-OH is 3. The molecule has 0 aliphatic rings. The number of aliphatic hydroxyl groups is 3. The first kappa shape index (κ1) is 23.1. The third-order valence-corrected chi connectivity index (χ3v) is 4.35. The van der Waals surface area contributed by atoms with Gasteiger partial charge in [-0.2, -0.15) is 0 Å². The van der Waals surface area contributed by atoms with Gasteiger partial charge in [0.05, 0.1) is 24.2 Å². The Morgan fingerprint density at radius 1 is 0.875 bits per heavy atom. The second-order valence-corrected chi connectivity index (χ2v) is 6.74. The van der Waals surface area contributed by atoms with Gasteiger partial charge in [-0.25, -0.2) is 0 Å². The zero-order valence-electron chi connectivity index (χ0n) is 15.2. The fraction of sp³-hybridized carbons (Fsp3) is 0.842. The summed E-state index contributed by atoms with van der Waals surface area (Å²) in [5.74, 6) is -1.38. The van der Waals surface area contributed by atoms with Crippen molar-refractivity contribution in [2.24, 2.45) is 5.92 Å². The predicted octanol–water partition coefficient (Wildman–Crippen LogP) is 3.27. The number of rotatable bonds is 15. The van der Waals surface area contributed by atoms with Crippen LogP contribution in [-0.2, 0) is 4.79 Å². The molecular weight excluding hydrogens is 308 g/mol. The van der Waals surface area contributed by atoms with Crippen molar-refractivity contribution in [3.8, 4) is 0 Å². The lowest BCUT2D eigenvalue weighted by molar-refractivity contribution is -0.141. The van der Waals surface area contributed by atoms with Crippen molar-refractivity contribution in [2.45, 2.75) is 96.4 Å². The van der Waals surface area contributed by atoms with Crippen LogP contribution in [0.2, 0.25) is 0 Å². The van der Waals surface area contributed by atoms with Gasteiger partial charge in [0.25, 0.3) is 0 Å². The van der Waals surface area contributed by atoms with Crippen molar-refractivity contribution < 1.29 is 25.2 Å². The van der Waals surface area contributed by atoms with E-state index in [4.69, 9.17) is 5.11 Å². The van der Waals surface area contributed by atoms with Crippen LogP contribution < -0.4 is 0 Å².